The summed E-state index contributed by atoms with van der Waals surface area (Å²) in [7, 11) is 0. The van der Waals surface area contributed by atoms with Crippen LogP contribution in [0, 0.1) is 17.0 Å². The lowest BCUT2D eigenvalue weighted by Gasteiger charge is -2.29. The first-order valence-electron chi connectivity index (χ1n) is 10.5. The molecule has 164 valence electrons. The predicted octanol–water partition coefficient (Wildman–Crippen LogP) is 6.15. The SMILES string of the molecule is Cc1nn(-c2ccccc2)c2c1[C@@H](c1ccc(Br)cc1)[C@H]([N+](=O)[O-])/C(=C/c1ccccc1)O2. The fourth-order valence-electron chi connectivity index (χ4n) is 4.29. The first-order chi connectivity index (χ1) is 16.0. The molecule has 0 bridgehead atoms. The molecule has 0 spiro atoms. The number of nitro groups is 1. The fraction of sp³-hybridized carbons (Fsp3) is 0.115. The second kappa shape index (κ2) is 8.67. The monoisotopic (exact) mass is 501 g/mol. The van der Waals surface area contributed by atoms with E-state index in [1.807, 2.05) is 91.9 Å². The zero-order valence-electron chi connectivity index (χ0n) is 17.8. The normalized spacial score (nSPS) is 18.5. The minimum absolute atomic E-state index is 0.260. The number of fused-ring (bicyclic) bond motifs is 1. The van der Waals surface area contributed by atoms with Crippen LogP contribution in [0.5, 0.6) is 5.88 Å². The first-order valence-corrected chi connectivity index (χ1v) is 11.3. The first kappa shape index (κ1) is 21.2. The van der Waals surface area contributed by atoms with Crippen molar-refractivity contribution in [1.29, 1.82) is 0 Å². The van der Waals surface area contributed by atoms with E-state index in [4.69, 9.17) is 9.84 Å². The molecule has 4 aromatic rings. The summed E-state index contributed by atoms with van der Waals surface area (Å²) >= 11 is 3.46. The molecular weight excluding hydrogens is 482 g/mol. The summed E-state index contributed by atoms with van der Waals surface area (Å²) in [4.78, 5) is 12.2. The zero-order chi connectivity index (χ0) is 22.9. The largest absolute Gasteiger partial charge is 0.436 e. The van der Waals surface area contributed by atoms with Gasteiger partial charge in [-0.2, -0.15) is 5.10 Å². The van der Waals surface area contributed by atoms with Crippen LogP contribution < -0.4 is 4.74 Å². The second-order valence-electron chi connectivity index (χ2n) is 7.87. The molecule has 3 aromatic carbocycles. The van der Waals surface area contributed by atoms with Gasteiger partial charge >= 0.3 is 0 Å². The summed E-state index contributed by atoms with van der Waals surface area (Å²) in [5.41, 5.74) is 3.93. The van der Waals surface area contributed by atoms with Gasteiger partial charge in [0.05, 0.1) is 22.9 Å². The number of aromatic nitrogens is 2. The Morgan fingerprint density at radius 2 is 1.64 bits per heavy atom. The lowest BCUT2D eigenvalue weighted by molar-refractivity contribution is -0.519. The third kappa shape index (κ3) is 3.96. The van der Waals surface area contributed by atoms with Gasteiger partial charge in [0, 0.05) is 9.40 Å². The van der Waals surface area contributed by atoms with Crippen LogP contribution in [-0.4, -0.2) is 20.7 Å². The minimum Gasteiger partial charge on any atom is -0.436 e. The molecule has 1 aliphatic heterocycles. The summed E-state index contributed by atoms with van der Waals surface area (Å²) in [5, 5.41) is 17.2. The molecule has 0 N–H and O–H groups in total. The van der Waals surface area contributed by atoms with Crippen molar-refractivity contribution in [2.24, 2.45) is 0 Å². The van der Waals surface area contributed by atoms with Gasteiger partial charge in [-0.1, -0.05) is 76.6 Å². The van der Waals surface area contributed by atoms with Crippen LogP contribution >= 0.6 is 15.9 Å². The topological polar surface area (TPSA) is 70.2 Å². The maximum absolute atomic E-state index is 12.5. The number of hydrogen-bond acceptors (Lipinski definition) is 4. The van der Waals surface area contributed by atoms with Crippen molar-refractivity contribution in [2.45, 2.75) is 18.9 Å². The number of aryl methyl sites for hydroxylation is 1. The highest BCUT2D eigenvalue weighted by molar-refractivity contribution is 9.10. The molecule has 5 rings (SSSR count). The Balaban J connectivity index is 1.76. The molecular formula is C26H20BrN3O3. The summed E-state index contributed by atoms with van der Waals surface area (Å²) in [6, 6.07) is 25.7. The number of hydrogen-bond donors (Lipinski definition) is 0. The molecule has 33 heavy (non-hydrogen) atoms. The molecule has 1 aliphatic rings. The Hall–Kier alpha value is -3.71. The summed E-state index contributed by atoms with van der Waals surface area (Å²) in [5.74, 6) is 0.236. The van der Waals surface area contributed by atoms with Gasteiger partial charge in [-0.05, 0) is 48.4 Å². The van der Waals surface area contributed by atoms with Crippen LogP contribution in [0.4, 0.5) is 0 Å². The second-order valence-corrected chi connectivity index (χ2v) is 8.79. The van der Waals surface area contributed by atoms with E-state index in [1.165, 1.54) is 0 Å². The van der Waals surface area contributed by atoms with E-state index >= 15 is 0 Å². The maximum Gasteiger partial charge on any atom is 0.280 e. The molecule has 0 saturated heterocycles. The van der Waals surface area contributed by atoms with Gasteiger partial charge in [-0.15, -0.1) is 0 Å². The highest BCUT2D eigenvalue weighted by atomic mass is 79.9. The molecule has 2 heterocycles. The van der Waals surface area contributed by atoms with Gasteiger partial charge in [0.1, 0.15) is 0 Å². The Morgan fingerprint density at radius 1 is 1.00 bits per heavy atom. The molecule has 0 amide bonds. The van der Waals surface area contributed by atoms with Gasteiger partial charge in [0.2, 0.25) is 5.88 Å². The van der Waals surface area contributed by atoms with E-state index < -0.39 is 12.0 Å². The predicted molar refractivity (Wildman–Crippen MR) is 130 cm³/mol. The molecule has 0 saturated carbocycles. The van der Waals surface area contributed by atoms with E-state index in [1.54, 1.807) is 10.8 Å². The van der Waals surface area contributed by atoms with E-state index in [0.29, 0.717) is 11.6 Å². The van der Waals surface area contributed by atoms with Crippen molar-refractivity contribution < 1.29 is 9.66 Å². The van der Waals surface area contributed by atoms with Crippen LogP contribution in [0.15, 0.2) is 95.2 Å². The summed E-state index contributed by atoms with van der Waals surface area (Å²) in [6.07, 6.45) is 1.75. The third-order valence-electron chi connectivity index (χ3n) is 5.76. The smallest absolute Gasteiger partial charge is 0.280 e. The van der Waals surface area contributed by atoms with Crippen molar-refractivity contribution in [3.8, 4) is 11.6 Å². The lowest BCUT2D eigenvalue weighted by Crippen LogP contribution is -2.36. The van der Waals surface area contributed by atoms with Gasteiger partial charge in [-0.25, -0.2) is 4.68 Å². The molecule has 1 aromatic heterocycles. The number of ether oxygens (including phenoxy) is 1. The number of benzene rings is 3. The highest BCUT2D eigenvalue weighted by Crippen LogP contribution is 2.46. The molecule has 0 unspecified atom stereocenters. The quantitative estimate of drug-likeness (QED) is 0.248. The number of rotatable bonds is 4. The summed E-state index contributed by atoms with van der Waals surface area (Å²) < 4.78 is 8.94. The molecule has 2 atom stereocenters. The molecule has 6 nitrogen and oxygen atoms in total. The minimum atomic E-state index is -1.09. The number of para-hydroxylation sites is 1. The van der Waals surface area contributed by atoms with Crippen LogP contribution in [0.2, 0.25) is 0 Å². The maximum atomic E-state index is 12.5. The molecule has 7 heteroatoms. The zero-order valence-corrected chi connectivity index (χ0v) is 19.3. The van der Waals surface area contributed by atoms with Crippen LogP contribution in [0.3, 0.4) is 0 Å². The van der Waals surface area contributed by atoms with Gasteiger partial charge < -0.3 is 4.74 Å². The molecule has 0 radical (unpaired) electrons. The number of halogens is 1. The van der Waals surface area contributed by atoms with Gasteiger partial charge in [0.25, 0.3) is 6.04 Å². The Labute approximate surface area is 199 Å². The van der Waals surface area contributed by atoms with E-state index in [0.717, 1.165) is 26.9 Å². The van der Waals surface area contributed by atoms with Crippen LogP contribution in [-0.2, 0) is 0 Å². The van der Waals surface area contributed by atoms with E-state index in [9.17, 15) is 10.1 Å². The highest BCUT2D eigenvalue weighted by Gasteiger charge is 2.47. The van der Waals surface area contributed by atoms with Crippen molar-refractivity contribution in [3.05, 3.63) is 128 Å². The van der Waals surface area contributed by atoms with Gasteiger partial charge in [-0.3, -0.25) is 10.1 Å². The van der Waals surface area contributed by atoms with E-state index in [2.05, 4.69) is 15.9 Å². The fourth-order valence-corrected chi connectivity index (χ4v) is 4.55. The standard InChI is InChI=1S/C26H20BrN3O3/c1-17-23-24(19-12-14-20(27)15-13-19)25(30(31)32)22(16-18-8-4-2-5-9-18)33-26(23)29(28-17)21-10-6-3-7-11-21/h2-16,24-25H,1H3/b22-16-/t24-,25-/m1/s1. The average Bonchev–Trinajstić information content (AvgIpc) is 3.16. The van der Waals surface area contributed by atoms with Crippen LogP contribution in [0.25, 0.3) is 11.8 Å². The van der Waals surface area contributed by atoms with Crippen LogP contribution in [0.1, 0.15) is 28.3 Å². The van der Waals surface area contributed by atoms with Crippen molar-refractivity contribution >= 4 is 22.0 Å². The summed E-state index contributed by atoms with van der Waals surface area (Å²) in [6.45, 7) is 1.87. The Morgan fingerprint density at radius 3 is 2.27 bits per heavy atom. The molecule has 0 aliphatic carbocycles. The van der Waals surface area contributed by atoms with Crippen molar-refractivity contribution in [2.75, 3.05) is 0 Å². The third-order valence-corrected chi connectivity index (χ3v) is 6.29. The van der Waals surface area contributed by atoms with Gasteiger partial charge in [0.15, 0.2) is 5.76 Å². The molecule has 0 fully saturated rings. The number of nitrogens with zero attached hydrogens (tertiary/aromatic N) is 3. The average molecular weight is 502 g/mol. The Bertz CT molecular complexity index is 1330. The van der Waals surface area contributed by atoms with Crippen molar-refractivity contribution in [1.82, 2.24) is 9.78 Å². The lowest BCUT2D eigenvalue weighted by atomic mass is 9.82. The van der Waals surface area contributed by atoms with Crippen molar-refractivity contribution in [3.63, 3.8) is 0 Å². The Kier molecular flexibility index (Phi) is 5.56. The van der Waals surface area contributed by atoms with E-state index in [-0.39, 0.29) is 10.7 Å².